The maximum atomic E-state index is 5.65. The molecule has 1 heteroatoms. The number of allylic oxidation sites excluding steroid dienone is 3. The lowest BCUT2D eigenvalue weighted by Gasteiger charge is -2.22. The predicted molar refractivity (Wildman–Crippen MR) is 74.2 cm³/mol. The predicted octanol–water partition coefficient (Wildman–Crippen LogP) is 4.65. The van der Waals surface area contributed by atoms with E-state index in [-0.39, 0.29) is 0 Å². The normalized spacial score (nSPS) is 14.0. The molecule has 0 amide bonds. The van der Waals surface area contributed by atoms with Crippen molar-refractivity contribution < 1.29 is 0 Å². The Morgan fingerprint density at radius 1 is 1.31 bits per heavy atom. The van der Waals surface area contributed by atoms with Crippen LogP contribution in [0.3, 0.4) is 0 Å². The number of rotatable bonds is 7. The standard InChI is InChI=1S/C15H29N/c1-6-15(4,5)11-10-14(12-16)9-7-8-13(2)3/h7,9,12-13H,6,8,10-11,16H2,1-5H3/b9-7-,14-12+. The Labute approximate surface area is 102 Å². The first-order chi connectivity index (χ1) is 7.41. The van der Waals surface area contributed by atoms with Gasteiger partial charge >= 0.3 is 0 Å². The van der Waals surface area contributed by atoms with Gasteiger partial charge in [0.2, 0.25) is 0 Å². The molecule has 0 aliphatic carbocycles. The molecule has 16 heavy (non-hydrogen) atoms. The summed E-state index contributed by atoms with van der Waals surface area (Å²) in [6.07, 6.45) is 10.8. The summed E-state index contributed by atoms with van der Waals surface area (Å²) in [5.74, 6) is 0.724. The van der Waals surface area contributed by atoms with Crippen LogP contribution in [0, 0.1) is 11.3 Å². The highest BCUT2D eigenvalue weighted by molar-refractivity contribution is 5.17. The first-order valence-corrected chi connectivity index (χ1v) is 6.48. The second-order valence-corrected chi connectivity index (χ2v) is 5.79. The molecule has 0 radical (unpaired) electrons. The fourth-order valence-corrected chi connectivity index (χ4v) is 1.37. The fourth-order valence-electron chi connectivity index (χ4n) is 1.37. The van der Waals surface area contributed by atoms with Crippen LogP contribution in [-0.4, -0.2) is 0 Å². The molecule has 0 spiro atoms. The third-order valence-corrected chi connectivity index (χ3v) is 3.20. The van der Waals surface area contributed by atoms with Gasteiger partial charge in [0.15, 0.2) is 0 Å². The lowest BCUT2D eigenvalue weighted by Crippen LogP contribution is -2.09. The molecule has 0 saturated carbocycles. The average Bonchev–Trinajstić information content (AvgIpc) is 2.22. The molecule has 0 aromatic heterocycles. The van der Waals surface area contributed by atoms with Crippen molar-refractivity contribution in [3.05, 3.63) is 23.9 Å². The van der Waals surface area contributed by atoms with E-state index >= 15 is 0 Å². The maximum Gasteiger partial charge on any atom is -0.00298 e. The topological polar surface area (TPSA) is 26.0 Å². The Hall–Kier alpha value is -0.720. The summed E-state index contributed by atoms with van der Waals surface area (Å²) in [6.45, 7) is 11.4. The van der Waals surface area contributed by atoms with Crippen LogP contribution in [0.4, 0.5) is 0 Å². The zero-order valence-electron chi connectivity index (χ0n) is 11.7. The largest absolute Gasteiger partial charge is 0.404 e. The molecule has 0 unspecified atom stereocenters. The summed E-state index contributed by atoms with van der Waals surface area (Å²) in [5.41, 5.74) is 7.34. The first-order valence-electron chi connectivity index (χ1n) is 6.48. The molecule has 0 aromatic rings. The van der Waals surface area contributed by atoms with E-state index in [1.165, 1.54) is 18.4 Å². The van der Waals surface area contributed by atoms with Gasteiger partial charge in [-0.25, -0.2) is 0 Å². The number of hydrogen-bond donors (Lipinski definition) is 1. The Balaban J connectivity index is 4.08. The average molecular weight is 223 g/mol. The molecule has 94 valence electrons. The quantitative estimate of drug-likeness (QED) is 0.625. The van der Waals surface area contributed by atoms with Crippen molar-refractivity contribution in [1.82, 2.24) is 0 Å². The van der Waals surface area contributed by atoms with Crippen LogP contribution in [0.25, 0.3) is 0 Å². The van der Waals surface area contributed by atoms with Crippen molar-refractivity contribution in [2.24, 2.45) is 17.1 Å². The van der Waals surface area contributed by atoms with E-state index in [0.717, 1.165) is 18.8 Å². The van der Waals surface area contributed by atoms with Crippen molar-refractivity contribution in [1.29, 1.82) is 0 Å². The van der Waals surface area contributed by atoms with Crippen molar-refractivity contribution in [3.8, 4) is 0 Å². The minimum absolute atomic E-state index is 0.431. The third-order valence-electron chi connectivity index (χ3n) is 3.20. The second kappa shape index (κ2) is 7.54. The number of hydrogen-bond acceptors (Lipinski definition) is 1. The fraction of sp³-hybridized carbons (Fsp3) is 0.733. The maximum absolute atomic E-state index is 5.65. The minimum Gasteiger partial charge on any atom is -0.404 e. The zero-order chi connectivity index (χ0) is 12.6. The highest BCUT2D eigenvalue weighted by atomic mass is 14.5. The molecule has 0 aliphatic rings. The Kier molecular flexibility index (Phi) is 7.20. The molecule has 1 nitrogen and oxygen atoms in total. The zero-order valence-corrected chi connectivity index (χ0v) is 11.7. The van der Waals surface area contributed by atoms with Crippen LogP contribution in [0.15, 0.2) is 23.9 Å². The van der Waals surface area contributed by atoms with E-state index in [1.807, 2.05) is 0 Å². The summed E-state index contributed by atoms with van der Waals surface area (Å²) >= 11 is 0. The van der Waals surface area contributed by atoms with Gasteiger partial charge in [-0.1, -0.05) is 53.2 Å². The summed E-state index contributed by atoms with van der Waals surface area (Å²) in [7, 11) is 0. The van der Waals surface area contributed by atoms with Gasteiger partial charge in [0.25, 0.3) is 0 Å². The molecule has 0 rings (SSSR count). The first kappa shape index (κ1) is 15.3. The molecule has 0 aromatic carbocycles. The Morgan fingerprint density at radius 2 is 1.94 bits per heavy atom. The van der Waals surface area contributed by atoms with Gasteiger partial charge in [0, 0.05) is 0 Å². The molecule has 0 bridgehead atoms. The minimum atomic E-state index is 0.431. The van der Waals surface area contributed by atoms with Crippen LogP contribution >= 0.6 is 0 Å². The van der Waals surface area contributed by atoms with E-state index < -0.39 is 0 Å². The molecular formula is C15H29N. The van der Waals surface area contributed by atoms with Gasteiger partial charge in [-0.05, 0) is 42.4 Å². The highest BCUT2D eigenvalue weighted by Crippen LogP contribution is 2.28. The summed E-state index contributed by atoms with van der Waals surface area (Å²) in [4.78, 5) is 0. The second-order valence-electron chi connectivity index (χ2n) is 5.79. The van der Waals surface area contributed by atoms with Gasteiger partial charge in [-0.15, -0.1) is 0 Å². The summed E-state index contributed by atoms with van der Waals surface area (Å²) in [6, 6.07) is 0. The van der Waals surface area contributed by atoms with E-state index in [2.05, 4.69) is 46.8 Å². The van der Waals surface area contributed by atoms with Gasteiger partial charge in [0.1, 0.15) is 0 Å². The number of nitrogens with two attached hydrogens (primary N) is 1. The van der Waals surface area contributed by atoms with E-state index in [4.69, 9.17) is 5.73 Å². The van der Waals surface area contributed by atoms with Crippen molar-refractivity contribution in [2.45, 2.75) is 60.3 Å². The molecule has 0 heterocycles. The molecule has 0 atom stereocenters. The van der Waals surface area contributed by atoms with Gasteiger partial charge in [0.05, 0.1) is 0 Å². The van der Waals surface area contributed by atoms with Crippen LogP contribution in [-0.2, 0) is 0 Å². The van der Waals surface area contributed by atoms with E-state index in [9.17, 15) is 0 Å². The SMILES string of the molecule is CCC(C)(C)CCC(/C=C\CC(C)C)=C/N. The van der Waals surface area contributed by atoms with Crippen LogP contribution < -0.4 is 5.73 Å². The molecule has 0 saturated heterocycles. The molecule has 2 N–H and O–H groups in total. The third kappa shape index (κ3) is 7.56. The Bertz CT molecular complexity index is 234. The van der Waals surface area contributed by atoms with Crippen LogP contribution in [0.1, 0.15) is 60.3 Å². The van der Waals surface area contributed by atoms with Crippen molar-refractivity contribution >= 4 is 0 Å². The summed E-state index contributed by atoms with van der Waals surface area (Å²) in [5, 5.41) is 0. The molecular weight excluding hydrogens is 194 g/mol. The smallest absolute Gasteiger partial charge is 0.00298 e. The molecule has 0 aliphatic heterocycles. The monoisotopic (exact) mass is 223 g/mol. The van der Waals surface area contributed by atoms with Crippen LogP contribution in [0.5, 0.6) is 0 Å². The lowest BCUT2D eigenvalue weighted by molar-refractivity contribution is 0.323. The summed E-state index contributed by atoms with van der Waals surface area (Å²) < 4.78 is 0. The van der Waals surface area contributed by atoms with Gasteiger partial charge in [-0.2, -0.15) is 0 Å². The molecule has 0 fully saturated rings. The van der Waals surface area contributed by atoms with E-state index in [1.54, 1.807) is 6.20 Å². The van der Waals surface area contributed by atoms with Gasteiger partial charge < -0.3 is 5.73 Å². The van der Waals surface area contributed by atoms with Crippen molar-refractivity contribution in [3.63, 3.8) is 0 Å². The Morgan fingerprint density at radius 3 is 2.38 bits per heavy atom. The van der Waals surface area contributed by atoms with Gasteiger partial charge in [-0.3, -0.25) is 0 Å². The van der Waals surface area contributed by atoms with Crippen LogP contribution in [0.2, 0.25) is 0 Å². The van der Waals surface area contributed by atoms with Crippen molar-refractivity contribution in [2.75, 3.05) is 0 Å². The van der Waals surface area contributed by atoms with E-state index in [0.29, 0.717) is 5.41 Å². The highest BCUT2D eigenvalue weighted by Gasteiger charge is 2.14. The lowest BCUT2D eigenvalue weighted by atomic mass is 9.84.